The van der Waals surface area contributed by atoms with E-state index in [0.29, 0.717) is 12.8 Å². The largest absolute Gasteiger partial charge is 0.343 e. The lowest BCUT2D eigenvalue weighted by Crippen LogP contribution is -2.42. The summed E-state index contributed by atoms with van der Waals surface area (Å²) >= 11 is 0. The maximum absolute atomic E-state index is 12.2. The smallest absolute Gasteiger partial charge is 0.222 e. The minimum atomic E-state index is -2.89. The van der Waals surface area contributed by atoms with Gasteiger partial charge in [0.1, 0.15) is 0 Å². The van der Waals surface area contributed by atoms with Gasteiger partial charge in [-0.15, -0.1) is 0 Å². The summed E-state index contributed by atoms with van der Waals surface area (Å²) in [5.41, 5.74) is 5.86. The maximum Gasteiger partial charge on any atom is 0.222 e. The van der Waals surface area contributed by atoms with E-state index in [-0.39, 0.29) is 35.4 Å². The highest BCUT2D eigenvalue weighted by molar-refractivity contribution is 7.91. The van der Waals surface area contributed by atoms with Crippen LogP contribution in [0.3, 0.4) is 0 Å². The molecule has 2 rings (SSSR count). The topological polar surface area (TPSA) is 80.5 Å². The summed E-state index contributed by atoms with van der Waals surface area (Å²) in [5, 5.41) is 0. The van der Waals surface area contributed by atoms with E-state index in [1.165, 1.54) is 0 Å². The third-order valence-electron chi connectivity index (χ3n) is 4.47. The van der Waals surface area contributed by atoms with Gasteiger partial charge in [0.15, 0.2) is 9.84 Å². The molecular weight excluding hydrogens is 264 g/mol. The van der Waals surface area contributed by atoms with E-state index in [2.05, 4.69) is 0 Å². The van der Waals surface area contributed by atoms with Crippen molar-refractivity contribution >= 4 is 15.7 Å². The number of hydrogen-bond acceptors (Lipinski definition) is 4. The average Bonchev–Trinajstić information content (AvgIpc) is 2.68. The summed E-state index contributed by atoms with van der Waals surface area (Å²) < 4.78 is 22.8. The Morgan fingerprint density at radius 3 is 2.37 bits per heavy atom. The molecule has 0 bridgehead atoms. The summed E-state index contributed by atoms with van der Waals surface area (Å²) in [5.74, 6) is 0.531. The van der Waals surface area contributed by atoms with Crippen molar-refractivity contribution in [2.45, 2.75) is 50.6 Å². The minimum Gasteiger partial charge on any atom is -0.343 e. The van der Waals surface area contributed by atoms with Crippen molar-refractivity contribution in [1.29, 1.82) is 0 Å². The Labute approximate surface area is 115 Å². The van der Waals surface area contributed by atoms with Crippen molar-refractivity contribution in [2.24, 2.45) is 11.7 Å². The van der Waals surface area contributed by atoms with Crippen molar-refractivity contribution in [3.05, 3.63) is 0 Å². The van der Waals surface area contributed by atoms with Crippen molar-refractivity contribution in [2.75, 3.05) is 18.6 Å². The van der Waals surface area contributed by atoms with Crippen LogP contribution in [-0.4, -0.2) is 49.9 Å². The van der Waals surface area contributed by atoms with E-state index in [0.717, 1.165) is 25.7 Å². The van der Waals surface area contributed by atoms with E-state index < -0.39 is 9.84 Å². The van der Waals surface area contributed by atoms with Crippen LogP contribution in [0.2, 0.25) is 0 Å². The van der Waals surface area contributed by atoms with Crippen LogP contribution in [0, 0.1) is 5.92 Å². The maximum atomic E-state index is 12.2. The van der Waals surface area contributed by atoms with E-state index in [4.69, 9.17) is 5.73 Å². The Morgan fingerprint density at radius 2 is 1.84 bits per heavy atom. The van der Waals surface area contributed by atoms with Gasteiger partial charge >= 0.3 is 0 Å². The molecule has 1 amide bonds. The lowest BCUT2D eigenvalue weighted by Gasteiger charge is -2.34. The molecule has 6 heteroatoms. The first-order valence-electron chi connectivity index (χ1n) is 7.09. The second kappa shape index (κ2) is 5.79. The van der Waals surface area contributed by atoms with Gasteiger partial charge in [0.2, 0.25) is 5.91 Å². The molecule has 0 spiro atoms. The molecule has 1 unspecified atom stereocenters. The zero-order chi connectivity index (χ0) is 14.0. The highest BCUT2D eigenvalue weighted by Gasteiger charge is 2.32. The first-order chi connectivity index (χ1) is 8.87. The van der Waals surface area contributed by atoms with Gasteiger partial charge in [0.05, 0.1) is 11.5 Å². The Hall–Kier alpha value is -0.620. The minimum absolute atomic E-state index is 0.0193. The molecule has 2 aliphatic rings. The number of nitrogens with zero attached hydrogens (tertiary/aromatic N) is 1. The van der Waals surface area contributed by atoms with Gasteiger partial charge in [-0.1, -0.05) is 0 Å². The molecule has 1 aliphatic heterocycles. The molecule has 1 atom stereocenters. The summed E-state index contributed by atoms with van der Waals surface area (Å²) in [6, 6.07) is 0.560. The van der Waals surface area contributed by atoms with Crippen molar-refractivity contribution in [3.63, 3.8) is 0 Å². The lowest BCUT2D eigenvalue weighted by molar-refractivity contribution is -0.133. The monoisotopic (exact) mass is 288 g/mol. The first kappa shape index (κ1) is 14.8. The second-order valence-corrected chi connectivity index (χ2v) is 8.28. The van der Waals surface area contributed by atoms with Gasteiger partial charge in [-0.2, -0.15) is 0 Å². The van der Waals surface area contributed by atoms with Crippen LogP contribution in [0.4, 0.5) is 0 Å². The van der Waals surface area contributed by atoms with Gasteiger partial charge in [0, 0.05) is 25.6 Å². The standard InChI is InChI=1S/C13H24N2O3S/c1-15(12-4-2-11(14)3-5-12)13(16)8-10-6-7-19(17,18)9-10/h10-12H,2-9,14H2,1H3. The van der Waals surface area contributed by atoms with Gasteiger partial charge in [-0.05, 0) is 38.0 Å². The molecule has 2 N–H and O–H groups in total. The Bertz CT molecular complexity index is 427. The van der Waals surface area contributed by atoms with Crippen LogP contribution >= 0.6 is 0 Å². The van der Waals surface area contributed by atoms with Crippen molar-refractivity contribution in [1.82, 2.24) is 4.90 Å². The zero-order valence-electron chi connectivity index (χ0n) is 11.5. The molecule has 1 aliphatic carbocycles. The third-order valence-corrected chi connectivity index (χ3v) is 6.31. The number of carbonyl (C=O) groups is 1. The Balaban J connectivity index is 1.83. The lowest BCUT2D eigenvalue weighted by atomic mass is 9.90. The van der Waals surface area contributed by atoms with Crippen LogP contribution in [0.1, 0.15) is 38.5 Å². The van der Waals surface area contributed by atoms with Crippen LogP contribution in [0.15, 0.2) is 0 Å². The molecule has 1 saturated carbocycles. The average molecular weight is 288 g/mol. The van der Waals surface area contributed by atoms with Gasteiger partial charge in [-0.25, -0.2) is 8.42 Å². The fourth-order valence-corrected chi connectivity index (χ4v) is 4.98. The van der Waals surface area contributed by atoms with Crippen LogP contribution in [0.25, 0.3) is 0 Å². The fraction of sp³-hybridized carbons (Fsp3) is 0.923. The summed E-state index contributed by atoms with van der Waals surface area (Å²) in [6.45, 7) is 0. The molecule has 0 aromatic rings. The molecule has 1 heterocycles. The first-order valence-corrected chi connectivity index (χ1v) is 8.91. The highest BCUT2D eigenvalue weighted by Crippen LogP contribution is 2.25. The predicted molar refractivity (Wildman–Crippen MR) is 74.4 cm³/mol. The quantitative estimate of drug-likeness (QED) is 0.822. The van der Waals surface area contributed by atoms with Gasteiger partial charge < -0.3 is 10.6 Å². The SMILES string of the molecule is CN(C(=O)CC1CCS(=O)(=O)C1)C1CCC(N)CC1. The number of nitrogens with two attached hydrogens (primary N) is 1. The molecule has 110 valence electrons. The van der Waals surface area contributed by atoms with Gasteiger partial charge in [-0.3, -0.25) is 4.79 Å². The van der Waals surface area contributed by atoms with Crippen LogP contribution in [0.5, 0.6) is 0 Å². The normalized spacial score (nSPS) is 34.1. The molecule has 1 saturated heterocycles. The number of hydrogen-bond donors (Lipinski definition) is 1. The number of rotatable bonds is 3. The van der Waals surface area contributed by atoms with E-state index >= 15 is 0 Å². The Kier molecular flexibility index (Phi) is 4.50. The molecule has 0 aromatic heterocycles. The fourth-order valence-electron chi connectivity index (χ4n) is 3.12. The van der Waals surface area contributed by atoms with Crippen LogP contribution in [-0.2, 0) is 14.6 Å². The molecule has 0 radical (unpaired) electrons. The van der Waals surface area contributed by atoms with Gasteiger partial charge in [0.25, 0.3) is 0 Å². The molecule has 0 aromatic carbocycles. The summed E-state index contributed by atoms with van der Waals surface area (Å²) in [4.78, 5) is 14.0. The van der Waals surface area contributed by atoms with Crippen LogP contribution < -0.4 is 5.73 Å². The highest BCUT2D eigenvalue weighted by atomic mass is 32.2. The summed E-state index contributed by atoms with van der Waals surface area (Å²) in [6.07, 6.45) is 4.88. The summed E-state index contributed by atoms with van der Waals surface area (Å²) in [7, 11) is -1.05. The zero-order valence-corrected chi connectivity index (χ0v) is 12.4. The number of carbonyl (C=O) groups excluding carboxylic acids is 1. The number of sulfone groups is 1. The molecule has 19 heavy (non-hydrogen) atoms. The van der Waals surface area contributed by atoms with E-state index in [9.17, 15) is 13.2 Å². The molecule has 2 fully saturated rings. The van der Waals surface area contributed by atoms with Crippen molar-refractivity contribution in [3.8, 4) is 0 Å². The van der Waals surface area contributed by atoms with Crippen molar-refractivity contribution < 1.29 is 13.2 Å². The van der Waals surface area contributed by atoms with E-state index in [1.807, 2.05) is 11.9 Å². The predicted octanol–water partition coefficient (Wildman–Crippen LogP) is 0.540. The molecule has 5 nitrogen and oxygen atoms in total. The third kappa shape index (κ3) is 3.92. The van der Waals surface area contributed by atoms with E-state index in [1.54, 1.807) is 0 Å². The Morgan fingerprint density at radius 1 is 1.21 bits per heavy atom. The number of amides is 1. The molecular formula is C13H24N2O3S. The second-order valence-electron chi connectivity index (χ2n) is 6.05.